The highest BCUT2D eigenvalue weighted by atomic mass is 35.5. The van der Waals surface area contributed by atoms with Gasteiger partial charge in [-0.2, -0.15) is 5.26 Å². The number of likely N-dealkylation sites (tertiary alicyclic amines) is 1. The number of anilines is 1. The van der Waals surface area contributed by atoms with Crippen LogP contribution in [-0.2, 0) is 16.9 Å². The summed E-state index contributed by atoms with van der Waals surface area (Å²) in [7, 11) is 0. The maximum absolute atomic E-state index is 16.2. The number of aryl methyl sites for hydroxylation is 1. The highest BCUT2D eigenvalue weighted by Crippen LogP contribution is 2.64. The van der Waals surface area contributed by atoms with Crippen LogP contribution in [-0.4, -0.2) is 44.0 Å². The minimum atomic E-state index is -1.35. The molecular weight excluding hydrogens is 604 g/mol. The Kier molecular flexibility index (Phi) is 6.77. The Balaban J connectivity index is 1.51. The van der Waals surface area contributed by atoms with E-state index >= 15 is 4.39 Å². The van der Waals surface area contributed by atoms with E-state index in [1.807, 2.05) is 6.07 Å². The van der Waals surface area contributed by atoms with Crippen molar-refractivity contribution in [2.24, 2.45) is 0 Å². The molecule has 4 atom stereocenters. The molecule has 1 spiro atoms. The number of aromatic carboxylic acids is 1. The zero-order valence-corrected chi connectivity index (χ0v) is 24.9. The maximum atomic E-state index is 16.2. The van der Waals surface area contributed by atoms with Crippen molar-refractivity contribution in [1.29, 1.82) is 5.26 Å². The van der Waals surface area contributed by atoms with Crippen molar-refractivity contribution in [3.05, 3.63) is 105 Å². The molecule has 222 valence electrons. The van der Waals surface area contributed by atoms with Crippen LogP contribution in [0.5, 0.6) is 0 Å². The van der Waals surface area contributed by atoms with Gasteiger partial charge in [-0.3, -0.25) is 9.69 Å². The number of hydrogen-bond donors (Lipinski definition) is 2. The van der Waals surface area contributed by atoms with E-state index in [2.05, 4.69) is 27.4 Å². The lowest BCUT2D eigenvalue weighted by molar-refractivity contribution is -0.128. The molecule has 44 heavy (non-hydrogen) atoms. The second kappa shape index (κ2) is 10.4. The van der Waals surface area contributed by atoms with Crippen molar-refractivity contribution in [3.8, 4) is 6.07 Å². The third-order valence-corrected chi connectivity index (χ3v) is 9.91. The zero-order valence-electron chi connectivity index (χ0n) is 23.4. The van der Waals surface area contributed by atoms with Crippen LogP contribution in [0.2, 0.25) is 10.0 Å². The van der Waals surface area contributed by atoms with Gasteiger partial charge in [0.1, 0.15) is 17.2 Å². The van der Waals surface area contributed by atoms with E-state index < -0.39 is 29.2 Å². The fourth-order valence-electron chi connectivity index (χ4n) is 7.73. The molecule has 0 radical (unpaired) electrons. The molecule has 4 heterocycles. The predicted octanol–water partition coefficient (Wildman–Crippen LogP) is 6.84. The normalized spacial score (nSPS) is 23.7. The molecule has 0 aliphatic carbocycles. The number of allylic oxidation sites excluding steroid dienone is 1. The lowest BCUT2D eigenvalue weighted by Gasteiger charge is -2.40. The Morgan fingerprint density at radius 1 is 1.23 bits per heavy atom. The molecule has 3 aliphatic heterocycles. The van der Waals surface area contributed by atoms with Crippen LogP contribution in [0.4, 0.5) is 10.1 Å². The van der Waals surface area contributed by atoms with Gasteiger partial charge in [-0.1, -0.05) is 48.0 Å². The number of fused-ring (bicyclic) bond motifs is 7. The van der Waals surface area contributed by atoms with Crippen LogP contribution in [0.1, 0.15) is 58.4 Å². The Morgan fingerprint density at radius 3 is 2.82 bits per heavy atom. The number of rotatable bonds is 6. The smallest absolute Gasteiger partial charge is 0.335 e. The Labute approximate surface area is 262 Å². The van der Waals surface area contributed by atoms with Gasteiger partial charge in [0.2, 0.25) is 5.91 Å². The Morgan fingerprint density at radius 2 is 2.05 bits per heavy atom. The van der Waals surface area contributed by atoms with Crippen molar-refractivity contribution < 1.29 is 19.1 Å². The summed E-state index contributed by atoms with van der Waals surface area (Å²) in [5, 5.41) is 22.4. The number of carbonyl (C=O) groups excluding carboxylic acids is 1. The summed E-state index contributed by atoms with van der Waals surface area (Å²) in [5.41, 5.74) is 2.02. The van der Waals surface area contributed by atoms with E-state index in [0.29, 0.717) is 71.1 Å². The number of nitriles is 1. The molecular formula is C33H26Cl2FN5O3. The minimum Gasteiger partial charge on any atom is -0.478 e. The third-order valence-electron chi connectivity index (χ3n) is 9.39. The molecule has 7 rings (SSSR count). The number of carboxylic acid groups (broad SMARTS) is 1. The number of carboxylic acids is 1. The molecule has 8 nitrogen and oxygen atoms in total. The third kappa shape index (κ3) is 4.02. The van der Waals surface area contributed by atoms with Gasteiger partial charge >= 0.3 is 5.97 Å². The summed E-state index contributed by atoms with van der Waals surface area (Å²) in [6.07, 6.45) is 1.62. The van der Waals surface area contributed by atoms with E-state index in [4.69, 9.17) is 28.2 Å². The van der Waals surface area contributed by atoms with E-state index in [-0.39, 0.29) is 22.5 Å². The highest BCUT2D eigenvalue weighted by molar-refractivity contribution is 6.31. The summed E-state index contributed by atoms with van der Waals surface area (Å²) in [5.74, 6) is -2.54. The zero-order chi connectivity index (χ0) is 30.9. The van der Waals surface area contributed by atoms with E-state index in [0.717, 1.165) is 5.52 Å². The van der Waals surface area contributed by atoms with Gasteiger partial charge in [0.15, 0.2) is 0 Å². The number of aromatic nitrogens is 2. The molecule has 4 aromatic rings. The monoisotopic (exact) mass is 629 g/mol. The molecule has 1 fully saturated rings. The molecule has 0 bridgehead atoms. The van der Waals surface area contributed by atoms with Gasteiger partial charge in [-0.15, -0.1) is 0 Å². The first-order valence-electron chi connectivity index (χ1n) is 14.3. The second-order valence-corrected chi connectivity index (χ2v) is 12.4. The lowest BCUT2D eigenvalue weighted by Crippen LogP contribution is -2.52. The van der Waals surface area contributed by atoms with Crippen LogP contribution in [0.15, 0.2) is 66.7 Å². The standard InChI is InChI=1S/C33H26Cl2FN5O3/c1-17(16-37)4-3-12-41-26-11-13-40-25-10-7-18(31(42)43)14-24(25)38-30(40)27(26)28(20-5-2-6-22(35)29(20)36)33(41)21-9-8-19(34)15-23(21)39-32(33)44/h2,5-10,14-15,26-28H,1,3-4,11-13H2,(H,39,44)(H,42,43)/t26-,27+,28-,33+/m0/s1. The van der Waals surface area contributed by atoms with Crippen LogP contribution in [0.25, 0.3) is 11.0 Å². The van der Waals surface area contributed by atoms with Crippen molar-refractivity contribution in [2.75, 3.05) is 11.9 Å². The fourth-order valence-corrected chi connectivity index (χ4v) is 8.08. The molecule has 0 saturated carbocycles. The maximum Gasteiger partial charge on any atom is 0.335 e. The number of imidazole rings is 1. The van der Waals surface area contributed by atoms with E-state index in [1.54, 1.807) is 42.5 Å². The SMILES string of the molecule is C=C(C#N)CCCN1[C@H]2CCn3c(nc4cc(C(=O)O)ccc43)[C@H]2[C@H](c2cccc(Cl)c2F)[C@]12C(=O)Nc1cc(Cl)ccc12. The minimum absolute atomic E-state index is 0.0527. The van der Waals surface area contributed by atoms with Gasteiger partial charge < -0.3 is 15.0 Å². The van der Waals surface area contributed by atoms with E-state index in [9.17, 15) is 20.0 Å². The number of nitrogens with one attached hydrogen (secondary N) is 1. The first kappa shape index (κ1) is 28.5. The number of carbonyl (C=O) groups is 2. The van der Waals surface area contributed by atoms with Crippen LogP contribution in [0.3, 0.4) is 0 Å². The Hall–Kier alpha value is -4.23. The largest absolute Gasteiger partial charge is 0.478 e. The molecule has 3 aromatic carbocycles. The second-order valence-electron chi connectivity index (χ2n) is 11.6. The van der Waals surface area contributed by atoms with Gasteiger partial charge in [0, 0.05) is 52.8 Å². The number of amides is 1. The molecule has 1 amide bonds. The number of benzene rings is 3. The summed E-state index contributed by atoms with van der Waals surface area (Å²) in [4.78, 5) is 33.4. The predicted molar refractivity (Wildman–Crippen MR) is 164 cm³/mol. The molecule has 1 saturated heterocycles. The van der Waals surface area contributed by atoms with Gasteiger partial charge in [0.05, 0.1) is 27.7 Å². The van der Waals surface area contributed by atoms with E-state index in [1.165, 1.54) is 6.07 Å². The average molecular weight is 631 g/mol. The highest BCUT2D eigenvalue weighted by Gasteiger charge is 2.68. The van der Waals surface area contributed by atoms with Crippen LogP contribution in [0, 0.1) is 17.1 Å². The Bertz CT molecular complexity index is 1950. The van der Waals surface area contributed by atoms with Crippen molar-refractivity contribution in [3.63, 3.8) is 0 Å². The van der Waals surface area contributed by atoms with Gasteiger partial charge in [-0.25, -0.2) is 14.2 Å². The quantitative estimate of drug-likeness (QED) is 0.226. The topological polar surface area (TPSA) is 111 Å². The summed E-state index contributed by atoms with van der Waals surface area (Å²) in [6, 6.07) is 16.8. The molecule has 11 heteroatoms. The van der Waals surface area contributed by atoms with Crippen LogP contribution >= 0.6 is 23.2 Å². The van der Waals surface area contributed by atoms with Crippen molar-refractivity contribution >= 4 is 51.8 Å². The summed E-state index contributed by atoms with van der Waals surface area (Å²) in [6.45, 7) is 4.83. The number of nitrogens with zero attached hydrogens (tertiary/aromatic N) is 4. The molecule has 2 N–H and O–H groups in total. The van der Waals surface area contributed by atoms with Gasteiger partial charge in [-0.05, 0) is 61.2 Å². The molecule has 1 aromatic heterocycles. The summed E-state index contributed by atoms with van der Waals surface area (Å²) >= 11 is 12.7. The number of halogens is 3. The lowest BCUT2D eigenvalue weighted by atomic mass is 9.70. The first-order valence-corrected chi connectivity index (χ1v) is 15.1. The summed E-state index contributed by atoms with van der Waals surface area (Å²) < 4.78 is 18.3. The molecule has 3 aliphatic rings. The van der Waals surface area contributed by atoms with Crippen molar-refractivity contribution in [2.45, 2.75) is 49.2 Å². The van der Waals surface area contributed by atoms with Gasteiger partial charge in [0.25, 0.3) is 0 Å². The molecule has 0 unspecified atom stereocenters. The number of hydrogen-bond acceptors (Lipinski definition) is 5. The first-order chi connectivity index (χ1) is 21.2. The van der Waals surface area contributed by atoms with Crippen molar-refractivity contribution in [1.82, 2.24) is 14.5 Å². The average Bonchev–Trinajstić information content (AvgIpc) is 3.61. The fraction of sp³-hybridized carbons (Fsp3) is 0.273. The van der Waals surface area contributed by atoms with Crippen LogP contribution < -0.4 is 5.32 Å².